The van der Waals surface area contributed by atoms with Crippen molar-refractivity contribution in [2.75, 3.05) is 49.3 Å². The summed E-state index contributed by atoms with van der Waals surface area (Å²) in [6.07, 6.45) is -1.30. The number of aromatic amines is 1. The molecule has 4 N–H and O–H groups in total. The van der Waals surface area contributed by atoms with Gasteiger partial charge in [0, 0.05) is 60.9 Å². The van der Waals surface area contributed by atoms with Crippen LogP contribution in [0.25, 0.3) is 11.0 Å². The van der Waals surface area contributed by atoms with E-state index < -0.39 is 23.6 Å². The Bertz CT molecular complexity index is 1560. The number of aromatic nitrogens is 2. The Kier molecular flexibility index (Phi) is 7.46. The minimum absolute atomic E-state index is 0.133. The summed E-state index contributed by atoms with van der Waals surface area (Å²) in [4.78, 5) is 35.9. The molecule has 2 aromatic carbocycles. The number of anilines is 3. The molecule has 2 amide bonds. The Morgan fingerprint density at radius 3 is 2.50 bits per heavy atom. The first kappa shape index (κ1) is 27.2. The molecule has 1 saturated heterocycles. The number of hydrogen-bond acceptors (Lipinski definition) is 6. The zero-order chi connectivity index (χ0) is 28.4. The fourth-order valence-electron chi connectivity index (χ4n) is 4.44. The van der Waals surface area contributed by atoms with E-state index in [1.807, 2.05) is 6.07 Å². The van der Waals surface area contributed by atoms with E-state index >= 15 is 0 Å². The van der Waals surface area contributed by atoms with Gasteiger partial charge >= 0.3 is 6.18 Å². The van der Waals surface area contributed by atoms with E-state index in [9.17, 15) is 22.8 Å². The summed E-state index contributed by atoms with van der Waals surface area (Å²) in [5.41, 5.74) is 5.45. The van der Waals surface area contributed by atoms with Gasteiger partial charge in [-0.1, -0.05) is 12.1 Å². The predicted octanol–water partition coefficient (Wildman–Crippen LogP) is 4.97. The summed E-state index contributed by atoms with van der Waals surface area (Å²) in [6, 6.07) is 10.9. The first-order valence-electron chi connectivity index (χ1n) is 12.7. The molecule has 1 aliphatic heterocycles. The highest BCUT2D eigenvalue weighted by Gasteiger charge is 2.31. The summed E-state index contributed by atoms with van der Waals surface area (Å²) in [6.45, 7) is 5.12. The molecule has 1 fully saturated rings. The number of carbonyl (C=O) groups is 2. The number of H-pyrrole nitrogens is 1. The number of alkyl halides is 3. The number of nitrogens with one attached hydrogen (secondary N) is 4. The van der Waals surface area contributed by atoms with Crippen molar-refractivity contribution in [1.29, 1.82) is 0 Å². The van der Waals surface area contributed by atoms with Crippen molar-refractivity contribution in [3.05, 3.63) is 83.2 Å². The highest BCUT2D eigenvalue weighted by molar-refractivity contribution is 6.12. The van der Waals surface area contributed by atoms with Crippen molar-refractivity contribution < 1.29 is 22.8 Å². The Morgan fingerprint density at radius 1 is 0.975 bits per heavy atom. The minimum Gasteiger partial charge on any atom is -0.346 e. The van der Waals surface area contributed by atoms with Gasteiger partial charge in [-0.3, -0.25) is 9.59 Å². The number of hydrazine groups is 1. The molecular formula is C28H28F3N7O2. The lowest BCUT2D eigenvalue weighted by atomic mass is 10.1. The summed E-state index contributed by atoms with van der Waals surface area (Å²) < 4.78 is 39.2. The number of aryl methyl sites for hydroxylation is 1. The highest BCUT2D eigenvalue weighted by atomic mass is 19.4. The number of benzene rings is 2. The van der Waals surface area contributed by atoms with E-state index in [-0.39, 0.29) is 5.56 Å². The van der Waals surface area contributed by atoms with Gasteiger partial charge in [0.05, 0.1) is 16.8 Å². The van der Waals surface area contributed by atoms with E-state index in [0.29, 0.717) is 28.3 Å². The Morgan fingerprint density at radius 2 is 1.75 bits per heavy atom. The zero-order valence-electron chi connectivity index (χ0n) is 21.9. The maximum absolute atomic E-state index is 13.5. The topological polar surface area (TPSA) is 105 Å². The largest absolute Gasteiger partial charge is 0.416 e. The van der Waals surface area contributed by atoms with Gasteiger partial charge in [0.15, 0.2) is 0 Å². The maximum Gasteiger partial charge on any atom is 0.416 e. The van der Waals surface area contributed by atoms with E-state index in [0.717, 1.165) is 49.3 Å². The van der Waals surface area contributed by atoms with Crippen LogP contribution in [0.4, 0.5) is 30.2 Å². The predicted molar refractivity (Wildman–Crippen MR) is 147 cm³/mol. The van der Waals surface area contributed by atoms with Crippen LogP contribution in [0.1, 0.15) is 31.8 Å². The number of fused-ring (bicyclic) bond motifs is 1. The molecule has 3 heterocycles. The third kappa shape index (κ3) is 5.92. The van der Waals surface area contributed by atoms with Crippen LogP contribution >= 0.6 is 0 Å². The number of carbonyl (C=O) groups excluding carboxylic acids is 2. The van der Waals surface area contributed by atoms with Crippen LogP contribution in [0.2, 0.25) is 0 Å². The van der Waals surface area contributed by atoms with Gasteiger partial charge in [0.2, 0.25) is 0 Å². The SMILES string of the molecule is Cc1ccc(NC(=O)c2cccc(C(F)(F)F)c2)cc1NC(=O)c1cnc2[nH]ccc2c1NN1CCN(C)CC1. The zero-order valence-corrected chi connectivity index (χ0v) is 21.9. The van der Waals surface area contributed by atoms with Crippen LogP contribution in [-0.4, -0.2) is 64.9 Å². The van der Waals surface area contributed by atoms with E-state index in [4.69, 9.17) is 0 Å². The standard InChI is InChI=1S/C28H28F3N7O2/c1-17-6-7-20(34-26(39)18-4-3-5-19(14-18)28(29,30)31)15-23(17)35-27(40)22-16-33-25-21(8-9-32-25)24(22)36-38-12-10-37(2)11-13-38/h3-9,14-16H,10-13H2,1-2H3,(H,34,39)(H,35,40)(H2,32,33,36). The number of likely N-dealkylation sites (N-methyl/N-ethyl adjacent to an activating group) is 1. The molecule has 0 atom stereocenters. The molecule has 5 rings (SSSR count). The number of halogens is 3. The fourth-order valence-corrected chi connectivity index (χ4v) is 4.44. The summed E-state index contributed by atoms with van der Waals surface area (Å²) in [7, 11) is 2.06. The molecule has 9 nitrogen and oxygen atoms in total. The molecule has 0 spiro atoms. The molecule has 1 aliphatic rings. The summed E-state index contributed by atoms with van der Waals surface area (Å²) in [5, 5.41) is 8.34. The molecule has 12 heteroatoms. The summed E-state index contributed by atoms with van der Waals surface area (Å²) >= 11 is 0. The molecule has 208 valence electrons. The number of amides is 2. The molecule has 2 aromatic heterocycles. The lowest BCUT2D eigenvalue weighted by molar-refractivity contribution is -0.137. The molecule has 0 saturated carbocycles. The molecular weight excluding hydrogens is 523 g/mol. The van der Waals surface area contributed by atoms with Gasteiger partial charge in [0.1, 0.15) is 5.65 Å². The first-order chi connectivity index (χ1) is 19.1. The molecule has 0 radical (unpaired) electrons. The van der Waals surface area contributed by atoms with Crippen molar-refractivity contribution in [2.45, 2.75) is 13.1 Å². The van der Waals surface area contributed by atoms with E-state index in [1.54, 1.807) is 31.3 Å². The normalized spacial score (nSPS) is 14.7. The average molecular weight is 552 g/mol. The minimum atomic E-state index is -4.56. The highest BCUT2D eigenvalue weighted by Crippen LogP contribution is 2.31. The summed E-state index contributed by atoms with van der Waals surface area (Å²) in [5.74, 6) is -1.11. The van der Waals surface area contributed by atoms with Gasteiger partial charge in [-0.2, -0.15) is 13.2 Å². The maximum atomic E-state index is 13.5. The van der Waals surface area contributed by atoms with E-state index in [2.05, 4.69) is 43.0 Å². The molecule has 40 heavy (non-hydrogen) atoms. The number of piperazine rings is 1. The van der Waals surface area contributed by atoms with Crippen molar-refractivity contribution in [2.24, 2.45) is 0 Å². The fraction of sp³-hybridized carbons (Fsp3) is 0.250. The van der Waals surface area contributed by atoms with Gasteiger partial charge in [-0.25, -0.2) is 9.99 Å². The van der Waals surface area contributed by atoms with Crippen LogP contribution in [0.15, 0.2) is 60.9 Å². The Labute approximate surface area is 228 Å². The molecule has 0 bridgehead atoms. The third-order valence-electron chi connectivity index (χ3n) is 6.80. The van der Waals surface area contributed by atoms with Gasteiger partial charge in [-0.15, -0.1) is 0 Å². The number of nitrogens with zero attached hydrogens (tertiary/aromatic N) is 3. The van der Waals surface area contributed by atoms with Crippen molar-refractivity contribution in [1.82, 2.24) is 19.9 Å². The molecule has 4 aromatic rings. The third-order valence-corrected chi connectivity index (χ3v) is 6.80. The Balaban J connectivity index is 1.36. The lowest BCUT2D eigenvalue weighted by Gasteiger charge is -2.33. The van der Waals surface area contributed by atoms with Gasteiger partial charge < -0.3 is 25.9 Å². The van der Waals surface area contributed by atoms with Crippen molar-refractivity contribution >= 4 is 39.9 Å². The monoisotopic (exact) mass is 551 g/mol. The van der Waals surface area contributed by atoms with Crippen LogP contribution in [0.3, 0.4) is 0 Å². The van der Waals surface area contributed by atoms with Crippen LogP contribution in [0.5, 0.6) is 0 Å². The van der Waals surface area contributed by atoms with E-state index in [1.165, 1.54) is 18.3 Å². The number of rotatable bonds is 6. The lowest BCUT2D eigenvalue weighted by Crippen LogP contribution is -2.47. The van der Waals surface area contributed by atoms with Crippen LogP contribution < -0.4 is 16.1 Å². The molecule has 0 unspecified atom stereocenters. The Hall–Kier alpha value is -4.42. The smallest absolute Gasteiger partial charge is 0.346 e. The first-order valence-corrected chi connectivity index (χ1v) is 12.7. The second kappa shape index (κ2) is 11.0. The van der Waals surface area contributed by atoms with Crippen molar-refractivity contribution in [3.8, 4) is 0 Å². The van der Waals surface area contributed by atoms with Gasteiger partial charge in [-0.05, 0) is 55.9 Å². The quantitative estimate of drug-likeness (QED) is 0.270. The van der Waals surface area contributed by atoms with Crippen LogP contribution in [0, 0.1) is 6.92 Å². The number of hydrogen-bond donors (Lipinski definition) is 4. The molecule has 0 aliphatic carbocycles. The number of pyridine rings is 1. The average Bonchev–Trinajstić information content (AvgIpc) is 3.41. The second-order valence-corrected chi connectivity index (χ2v) is 9.71. The second-order valence-electron chi connectivity index (χ2n) is 9.71. The van der Waals surface area contributed by atoms with Crippen LogP contribution in [-0.2, 0) is 6.18 Å². The van der Waals surface area contributed by atoms with Gasteiger partial charge in [0.25, 0.3) is 11.8 Å². The van der Waals surface area contributed by atoms with Crippen molar-refractivity contribution in [3.63, 3.8) is 0 Å².